The number of fused-ring (bicyclic) bond motifs is 2. The highest BCUT2D eigenvalue weighted by atomic mass is 35.5. The smallest absolute Gasteiger partial charge is 0.138 e. The lowest BCUT2D eigenvalue weighted by Crippen LogP contribution is -2.09. The van der Waals surface area contributed by atoms with E-state index in [1.807, 2.05) is 18.2 Å². The van der Waals surface area contributed by atoms with E-state index in [0.717, 1.165) is 23.5 Å². The Morgan fingerprint density at radius 3 is 3.00 bits per heavy atom. The molecule has 0 bridgehead atoms. The van der Waals surface area contributed by atoms with Crippen molar-refractivity contribution in [3.05, 3.63) is 46.9 Å². The van der Waals surface area contributed by atoms with Crippen molar-refractivity contribution in [3.8, 4) is 0 Å². The number of aromatic nitrogens is 2. The Balaban J connectivity index is 2.15. The van der Waals surface area contributed by atoms with E-state index in [1.54, 1.807) is 0 Å². The number of hydrogen-bond donors (Lipinski definition) is 1. The van der Waals surface area contributed by atoms with Gasteiger partial charge in [0.2, 0.25) is 0 Å². The number of benzene rings is 1. The van der Waals surface area contributed by atoms with E-state index in [-0.39, 0.29) is 0 Å². The van der Waals surface area contributed by atoms with Crippen LogP contribution in [0.4, 0.5) is 11.5 Å². The van der Waals surface area contributed by atoms with Gasteiger partial charge in [0.1, 0.15) is 17.3 Å². The van der Waals surface area contributed by atoms with Gasteiger partial charge in [0.25, 0.3) is 0 Å². The second-order valence-corrected chi connectivity index (χ2v) is 3.81. The zero-order chi connectivity index (χ0) is 10.3. The molecule has 74 valence electrons. The first-order chi connectivity index (χ1) is 7.34. The maximum Gasteiger partial charge on any atom is 0.138 e. The molecule has 1 N–H and O–H groups in total. The Bertz CT molecular complexity index is 525. The minimum absolute atomic E-state index is 0.530. The zero-order valence-corrected chi connectivity index (χ0v) is 8.62. The number of anilines is 2. The molecule has 0 amide bonds. The van der Waals surface area contributed by atoms with Gasteiger partial charge in [-0.25, -0.2) is 9.97 Å². The molecule has 0 unspecified atom stereocenters. The number of rotatable bonds is 0. The number of halogens is 1. The third-order valence-corrected chi connectivity index (χ3v) is 2.86. The maximum absolute atomic E-state index is 6.02. The van der Waals surface area contributed by atoms with Crippen molar-refractivity contribution in [1.82, 2.24) is 9.97 Å². The van der Waals surface area contributed by atoms with Crippen LogP contribution in [-0.4, -0.2) is 9.97 Å². The number of para-hydroxylation sites is 1. The first-order valence-corrected chi connectivity index (χ1v) is 5.07. The fourth-order valence-corrected chi connectivity index (χ4v) is 1.97. The topological polar surface area (TPSA) is 37.8 Å². The lowest BCUT2D eigenvalue weighted by atomic mass is 10.0. The van der Waals surface area contributed by atoms with Crippen molar-refractivity contribution in [1.29, 1.82) is 0 Å². The Labute approximate surface area is 92.1 Å². The number of nitrogens with zero attached hydrogens (tertiary/aromatic N) is 2. The highest BCUT2D eigenvalue weighted by molar-refractivity contribution is 6.30. The van der Waals surface area contributed by atoms with Crippen molar-refractivity contribution in [2.45, 2.75) is 6.42 Å². The fourth-order valence-electron chi connectivity index (χ4n) is 1.77. The van der Waals surface area contributed by atoms with Gasteiger partial charge in [0, 0.05) is 17.7 Å². The molecule has 1 aliphatic heterocycles. The van der Waals surface area contributed by atoms with Crippen LogP contribution in [-0.2, 0) is 6.42 Å². The summed E-state index contributed by atoms with van der Waals surface area (Å²) in [6, 6.07) is 8.13. The molecule has 4 heteroatoms. The van der Waals surface area contributed by atoms with Crippen LogP contribution in [0.2, 0.25) is 5.15 Å². The second-order valence-electron chi connectivity index (χ2n) is 3.45. The van der Waals surface area contributed by atoms with Crippen molar-refractivity contribution >= 4 is 23.1 Å². The standard InChI is InChI=1S/C11H8ClN3/c12-10-8-5-7-3-1-2-4-9(7)15-11(8)14-6-13-10/h1-4,6H,5H2,(H,13,14,15). The number of nitrogens with one attached hydrogen (secondary N) is 1. The quantitative estimate of drug-likeness (QED) is 0.589. The molecule has 0 atom stereocenters. The fraction of sp³-hybridized carbons (Fsp3) is 0.0909. The van der Waals surface area contributed by atoms with E-state index in [1.165, 1.54) is 11.9 Å². The van der Waals surface area contributed by atoms with E-state index in [9.17, 15) is 0 Å². The summed E-state index contributed by atoms with van der Waals surface area (Å²) < 4.78 is 0. The molecule has 2 aromatic rings. The van der Waals surface area contributed by atoms with Gasteiger partial charge in [-0.15, -0.1) is 0 Å². The average Bonchev–Trinajstić information content (AvgIpc) is 2.27. The van der Waals surface area contributed by atoms with Crippen LogP contribution >= 0.6 is 11.6 Å². The van der Waals surface area contributed by atoms with Gasteiger partial charge in [-0.3, -0.25) is 0 Å². The molecule has 2 heterocycles. The monoisotopic (exact) mass is 217 g/mol. The van der Waals surface area contributed by atoms with Crippen LogP contribution in [0.3, 0.4) is 0 Å². The van der Waals surface area contributed by atoms with E-state index in [4.69, 9.17) is 11.6 Å². The minimum atomic E-state index is 0.530. The van der Waals surface area contributed by atoms with Crippen LogP contribution in [0.25, 0.3) is 0 Å². The predicted molar refractivity (Wildman–Crippen MR) is 59.6 cm³/mol. The Morgan fingerprint density at radius 2 is 2.07 bits per heavy atom. The Morgan fingerprint density at radius 1 is 1.20 bits per heavy atom. The van der Waals surface area contributed by atoms with Gasteiger partial charge in [-0.2, -0.15) is 0 Å². The lowest BCUT2D eigenvalue weighted by Gasteiger charge is -2.20. The average molecular weight is 218 g/mol. The van der Waals surface area contributed by atoms with Gasteiger partial charge in [0.05, 0.1) is 0 Å². The summed E-state index contributed by atoms with van der Waals surface area (Å²) in [4.78, 5) is 8.15. The van der Waals surface area contributed by atoms with Crippen LogP contribution < -0.4 is 5.32 Å². The SMILES string of the molecule is Clc1ncnc2c1Cc1ccccc1N2. The van der Waals surface area contributed by atoms with Gasteiger partial charge in [0.15, 0.2) is 0 Å². The molecule has 0 saturated carbocycles. The summed E-state index contributed by atoms with van der Waals surface area (Å²) in [5.74, 6) is 0.814. The molecule has 3 rings (SSSR count). The summed E-state index contributed by atoms with van der Waals surface area (Å²) in [7, 11) is 0. The minimum Gasteiger partial charge on any atom is -0.340 e. The molecule has 15 heavy (non-hydrogen) atoms. The summed E-state index contributed by atoms with van der Waals surface area (Å²) >= 11 is 6.02. The highest BCUT2D eigenvalue weighted by Crippen LogP contribution is 2.33. The van der Waals surface area contributed by atoms with E-state index < -0.39 is 0 Å². The molecule has 1 aliphatic rings. The molecule has 0 radical (unpaired) electrons. The van der Waals surface area contributed by atoms with Crippen LogP contribution in [0.5, 0.6) is 0 Å². The highest BCUT2D eigenvalue weighted by Gasteiger charge is 2.17. The van der Waals surface area contributed by atoms with Crippen molar-refractivity contribution in [2.75, 3.05) is 5.32 Å². The normalized spacial score (nSPS) is 12.6. The first-order valence-electron chi connectivity index (χ1n) is 4.69. The third-order valence-electron chi connectivity index (χ3n) is 2.53. The molecule has 1 aromatic carbocycles. The Hall–Kier alpha value is -1.61. The lowest BCUT2D eigenvalue weighted by molar-refractivity contribution is 1.05. The molecule has 1 aromatic heterocycles. The Kier molecular flexibility index (Phi) is 1.86. The summed E-state index contributed by atoms with van der Waals surface area (Å²) in [6.07, 6.45) is 2.26. The van der Waals surface area contributed by atoms with Gasteiger partial charge in [-0.05, 0) is 11.6 Å². The molecule has 0 fully saturated rings. The van der Waals surface area contributed by atoms with E-state index >= 15 is 0 Å². The van der Waals surface area contributed by atoms with Gasteiger partial charge < -0.3 is 5.32 Å². The summed E-state index contributed by atoms with van der Waals surface area (Å²) in [5.41, 5.74) is 3.29. The second kappa shape index (κ2) is 3.21. The van der Waals surface area contributed by atoms with Crippen molar-refractivity contribution in [2.24, 2.45) is 0 Å². The van der Waals surface area contributed by atoms with Crippen LogP contribution in [0, 0.1) is 0 Å². The third kappa shape index (κ3) is 1.36. The zero-order valence-electron chi connectivity index (χ0n) is 7.87. The van der Waals surface area contributed by atoms with Crippen molar-refractivity contribution in [3.63, 3.8) is 0 Å². The van der Waals surface area contributed by atoms with Gasteiger partial charge >= 0.3 is 0 Å². The number of hydrogen-bond acceptors (Lipinski definition) is 3. The van der Waals surface area contributed by atoms with Crippen LogP contribution in [0.1, 0.15) is 11.1 Å². The predicted octanol–water partition coefficient (Wildman–Crippen LogP) is 2.78. The maximum atomic E-state index is 6.02. The van der Waals surface area contributed by atoms with Gasteiger partial charge in [-0.1, -0.05) is 29.8 Å². The molecular weight excluding hydrogens is 210 g/mol. The molecule has 0 aliphatic carbocycles. The van der Waals surface area contributed by atoms with E-state index in [0.29, 0.717) is 5.15 Å². The van der Waals surface area contributed by atoms with Crippen molar-refractivity contribution < 1.29 is 0 Å². The summed E-state index contributed by atoms with van der Waals surface area (Å²) in [6.45, 7) is 0. The van der Waals surface area contributed by atoms with Crippen LogP contribution in [0.15, 0.2) is 30.6 Å². The molecule has 0 spiro atoms. The van der Waals surface area contributed by atoms with E-state index in [2.05, 4.69) is 21.4 Å². The molecular formula is C11H8ClN3. The molecule has 0 saturated heterocycles. The molecule has 3 nitrogen and oxygen atoms in total. The summed E-state index contributed by atoms with van der Waals surface area (Å²) in [5, 5.41) is 3.78. The largest absolute Gasteiger partial charge is 0.340 e. The first kappa shape index (κ1) is 8.68.